The minimum Gasteiger partial charge on any atom is -0.497 e. The van der Waals surface area contributed by atoms with E-state index in [0.717, 1.165) is 23.3 Å². The molecule has 1 unspecified atom stereocenters. The summed E-state index contributed by atoms with van der Waals surface area (Å²) < 4.78 is 24.5. The van der Waals surface area contributed by atoms with Crippen molar-refractivity contribution in [3.63, 3.8) is 0 Å². The van der Waals surface area contributed by atoms with Gasteiger partial charge in [-0.05, 0) is 55.3 Å². The van der Waals surface area contributed by atoms with E-state index in [1.54, 1.807) is 13.2 Å². The monoisotopic (exact) mass is 303 g/mol. The number of hydrogen-bond acceptors (Lipinski definition) is 3. The molecule has 0 saturated carbocycles. The number of halogens is 1. The Labute approximate surface area is 130 Å². The van der Waals surface area contributed by atoms with Gasteiger partial charge < -0.3 is 15.2 Å². The highest BCUT2D eigenvalue weighted by atomic mass is 19.1. The molecule has 0 amide bonds. The molecule has 0 aliphatic rings. The van der Waals surface area contributed by atoms with Crippen LogP contribution in [0.5, 0.6) is 11.5 Å². The molecular weight excluding hydrogens is 281 g/mol. The third-order valence-corrected chi connectivity index (χ3v) is 3.63. The van der Waals surface area contributed by atoms with Crippen LogP contribution < -0.4 is 15.2 Å². The summed E-state index contributed by atoms with van der Waals surface area (Å²) >= 11 is 0. The Bertz CT molecular complexity index is 616. The molecule has 2 N–H and O–H groups in total. The predicted octanol–water partition coefficient (Wildman–Crippen LogP) is 3.52. The molecule has 0 bridgehead atoms. The van der Waals surface area contributed by atoms with Gasteiger partial charge in [-0.15, -0.1) is 0 Å². The minimum absolute atomic E-state index is 0.0530. The lowest BCUT2D eigenvalue weighted by molar-refractivity contribution is 0.321. The zero-order valence-corrected chi connectivity index (χ0v) is 13.0. The van der Waals surface area contributed by atoms with E-state index in [1.165, 1.54) is 6.07 Å². The van der Waals surface area contributed by atoms with E-state index in [0.29, 0.717) is 13.2 Å². The maximum atomic E-state index is 14.0. The fourth-order valence-electron chi connectivity index (χ4n) is 2.46. The highest BCUT2D eigenvalue weighted by Gasteiger charge is 2.14. The average Bonchev–Trinajstić information content (AvgIpc) is 2.55. The standard InChI is InChI=1S/C18H22FNO2/c1-3-22-18-8-7-14(11-17(18)19)15(12-20)9-13-5-4-6-16(10-13)21-2/h4-8,10-11,15H,3,9,12,20H2,1-2H3. The quantitative estimate of drug-likeness (QED) is 0.851. The highest BCUT2D eigenvalue weighted by molar-refractivity contribution is 5.34. The van der Waals surface area contributed by atoms with Crippen molar-refractivity contribution in [2.24, 2.45) is 5.73 Å². The number of rotatable bonds is 7. The van der Waals surface area contributed by atoms with Gasteiger partial charge in [0.05, 0.1) is 13.7 Å². The fraction of sp³-hybridized carbons (Fsp3) is 0.333. The summed E-state index contributed by atoms with van der Waals surface area (Å²) in [6, 6.07) is 12.9. The Morgan fingerprint density at radius 2 is 2.00 bits per heavy atom. The fourth-order valence-corrected chi connectivity index (χ4v) is 2.46. The van der Waals surface area contributed by atoms with Crippen LogP contribution in [0.15, 0.2) is 42.5 Å². The molecule has 0 aliphatic carbocycles. The molecule has 0 saturated heterocycles. The summed E-state index contributed by atoms with van der Waals surface area (Å²) in [4.78, 5) is 0. The Balaban J connectivity index is 2.18. The van der Waals surface area contributed by atoms with Crippen LogP contribution in [0, 0.1) is 5.82 Å². The van der Waals surface area contributed by atoms with Gasteiger partial charge >= 0.3 is 0 Å². The number of benzene rings is 2. The van der Waals surface area contributed by atoms with E-state index in [-0.39, 0.29) is 17.5 Å². The number of methoxy groups -OCH3 is 1. The van der Waals surface area contributed by atoms with Crippen molar-refractivity contribution >= 4 is 0 Å². The molecule has 0 fully saturated rings. The van der Waals surface area contributed by atoms with E-state index in [2.05, 4.69) is 0 Å². The van der Waals surface area contributed by atoms with Crippen LogP contribution in [0.2, 0.25) is 0 Å². The van der Waals surface area contributed by atoms with E-state index < -0.39 is 0 Å². The van der Waals surface area contributed by atoms with Crippen LogP contribution >= 0.6 is 0 Å². The zero-order chi connectivity index (χ0) is 15.9. The highest BCUT2D eigenvalue weighted by Crippen LogP contribution is 2.26. The van der Waals surface area contributed by atoms with Crippen molar-refractivity contribution in [3.05, 3.63) is 59.4 Å². The summed E-state index contributed by atoms with van der Waals surface area (Å²) in [7, 11) is 1.64. The van der Waals surface area contributed by atoms with E-state index in [1.807, 2.05) is 37.3 Å². The third-order valence-electron chi connectivity index (χ3n) is 3.63. The smallest absolute Gasteiger partial charge is 0.165 e. The molecule has 3 nitrogen and oxygen atoms in total. The van der Waals surface area contributed by atoms with Crippen LogP contribution in [0.1, 0.15) is 24.0 Å². The van der Waals surface area contributed by atoms with Crippen molar-refractivity contribution in [2.45, 2.75) is 19.3 Å². The SMILES string of the molecule is CCOc1ccc(C(CN)Cc2cccc(OC)c2)cc1F. The van der Waals surface area contributed by atoms with Gasteiger partial charge in [-0.1, -0.05) is 18.2 Å². The van der Waals surface area contributed by atoms with Crippen LogP contribution in [0.3, 0.4) is 0 Å². The molecule has 0 aliphatic heterocycles. The van der Waals surface area contributed by atoms with Crippen LogP contribution in [-0.2, 0) is 6.42 Å². The van der Waals surface area contributed by atoms with Gasteiger partial charge in [-0.3, -0.25) is 0 Å². The third kappa shape index (κ3) is 3.98. The van der Waals surface area contributed by atoms with E-state index in [9.17, 15) is 4.39 Å². The van der Waals surface area contributed by atoms with Gasteiger partial charge in [0.1, 0.15) is 5.75 Å². The second-order valence-corrected chi connectivity index (χ2v) is 5.11. The average molecular weight is 303 g/mol. The molecule has 4 heteroatoms. The van der Waals surface area contributed by atoms with Crippen molar-refractivity contribution in [3.8, 4) is 11.5 Å². The molecule has 118 valence electrons. The Kier molecular flexibility index (Phi) is 5.78. The normalized spacial score (nSPS) is 12.0. The van der Waals surface area contributed by atoms with Crippen LogP contribution in [-0.4, -0.2) is 20.3 Å². The molecule has 0 heterocycles. The van der Waals surface area contributed by atoms with Gasteiger partial charge in [-0.25, -0.2) is 4.39 Å². The van der Waals surface area contributed by atoms with Gasteiger partial charge in [0, 0.05) is 5.92 Å². The van der Waals surface area contributed by atoms with E-state index >= 15 is 0 Å². The lowest BCUT2D eigenvalue weighted by atomic mass is 9.92. The second-order valence-electron chi connectivity index (χ2n) is 5.11. The molecule has 0 spiro atoms. The maximum absolute atomic E-state index is 14.0. The van der Waals surface area contributed by atoms with Crippen LogP contribution in [0.4, 0.5) is 4.39 Å². The summed E-state index contributed by atoms with van der Waals surface area (Å²) in [5.74, 6) is 0.801. The van der Waals surface area contributed by atoms with E-state index in [4.69, 9.17) is 15.2 Å². The molecular formula is C18H22FNO2. The lowest BCUT2D eigenvalue weighted by Gasteiger charge is -2.17. The molecule has 2 aromatic carbocycles. The molecule has 0 radical (unpaired) electrons. The first-order valence-electron chi connectivity index (χ1n) is 7.43. The first-order chi connectivity index (χ1) is 10.7. The molecule has 1 atom stereocenters. The summed E-state index contributed by atoms with van der Waals surface area (Å²) in [6.07, 6.45) is 0.737. The number of hydrogen-bond donors (Lipinski definition) is 1. The summed E-state index contributed by atoms with van der Waals surface area (Å²) in [6.45, 7) is 2.73. The van der Waals surface area contributed by atoms with Gasteiger partial charge in [0.2, 0.25) is 0 Å². The Morgan fingerprint density at radius 1 is 1.18 bits per heavy atom. The number of ether oxygens (including phenoxy) is 2. The zero-order valence-electron chi connectivity index (χ0n) is 13.0. The summed E-state index contributed by atoms with van der Waals surface area (Å²) in [5, 5.41) is 0. The predicted molar refractivity (Wildman–Crippen MR) is 86.1 cm³/mol. The number of nitrogens with two attached hydrogens (primary N) is 1. The Morgan fingerprint density at radius 3 is 2.64 bits per heavy atom. The first-order valence-corrected chi connectivity index (χ1v) is 7.43. The van der Waals surface area contributed by atoms with Crippen molar-refractivity contribution in [1.29, 1.82) is 0 Å². The molecule has 2 rings (SSSR count). The lowest BCUT2D eigenvalue weighted by Crippen LogP contribution is -2.15. The van der Waals surface area contributed by atoms with Gasteiger partial charge in [0.15, 0.2) is 11.6 Å². The molecule has 0 aromatic heterocycles. The first kappa shape index (κ1) is 16.3. The second kappa shape index (κ2) is 7.80. The van der Waals surface area contributed by atoms with Crippen molar-refractivity contribution in [1.82, 2.24) is 0 Å². The Hall–Kier alpha value is -2.07. The van der Waals surface area contributed by atoms with Gasteiger partial charge in [0.25, 0.3) is 0 Å². The van der Waals surface area contributed by atoms with Crippen molar-refractivity contribution in [2.75, 3.05) is 20.3 Å². The maximum Gasteiger partial charge on any atom is 0.165 e. The molecule has 2 aromatic rings. The largest absolute Gasteiger partial charge is 0.497 e. The minimum atomic E-state index is -0.344. The van der Waals surface area contributed by atoms with Gasteiger partial charge in [-0.2, -0.15) is 0 Å². The molecule has 22 heavy (non-hydrogen) atoms. The van der Waals surface area contributed by atoms with Crippen molar-refractivity contribution < 1.29 is 13.9 Å². The topological polar surface area (TPSA) is 44.5 Å². The summed E-state index contributed by atoms with van der Waals surface area (Å²) in [5.41, 5.74) is 7.88. The van der Waals surface area contributed by atoms with Crippen LogP contribution in [0.25, 0.3) is 0 Å².